The van der Waals surface area contributed by atoms with Crippen LogP contribution >= 0.6 is 11.8 Å². The monoisotopic (exact) mass is 368 g/mol. The molecule has 1 aliphatic heterocycles. The topological polar surface area (TPSA) is 42.7 Å². The standard InChI is InChI=1S/C20H24N4OS/c1-23-12-5-6-15(23)11-13-25-20-10-9-19-21-14-17(24(19)22-20)16-7-3-4-8-18(16)26-2/h3-4,7-10,14-15H,5-6,11-13H2,1-2H3. The van der Waals surface area contributed by atoms with Gasteiger partial charge < -0.3 is 9.64 Å². The Morgan fingerprint density at radius 3 is 2.92 bits per heavy atom. The molecule has 0 saturated carbocycles. The van der Waals surface area contributed by atoms with Crippen LogP contribution in [0.3, 0.4) is 0 Å². The molecule has 3 aromatic rings. The maximum Gasteiger partial charge on any atom is 0.231 e. The molecule has 0 N–H and O–H groups in total. The number of hydrogen-bond donors (Lipinski definition) is 0. The summed E-state index contributed by atoms with van der Waals surface area (Å²) >= 11 is 1.73. The number of hydrogen-bond acceptors (Lipinski definition) is 5. The molecule has 0 bridgehead atoms. The van der Waals surface area contributed by atoms with Crippen LogP contribution in [0.15, 0.2) is 47.5 Å². The average Bonchev–Trinajstić information content (AvgIpc) is 3.27. The Morgan fingerprint density at radius 1 is 1.23 bits per heavy atom. The van der Waals surface area contributed by atoms with Gasteiger partial charge in [-0.2, -0.15) is 0 Å². The van der Waals surface area contributed by atoms with Crippen molar-refractivity contribution in [3.05, 3.63) is 42.6 Å². The molecular formula is C20H24N4OS. The molecule has 0 radical (unpaired) electrons. The number of imidazole rings is 1. The summed E-state index contributed by atoms with van der Waals surface area (Å²) in [7, 11) is 2.20. The summed E-state index contributed by atoms with van der Waals surface area (Å²) in [6.45, 7) is 1.89. The van der Waals surface area contributed by atoms with Gasteiger partial charge >= 0.3 is 0 Å². The van der Waals surface area contributed by atoms with Crippen LogP contribution in [0.5, 0.6) is 5.88 Å². The van der Waals surface area contributed by atoms with E-state index in [1.54, 1.807) is 11.8 Å². The van der Waals surface area contributed by atoms with E-state index < -0.39 is 0 Å². The van der Waals surface area contributed by atoms with Crippen molar-refractivity contribution in [2.45, 2.75) is 30.2 Å². The lowest BCUT2D eigenvalue weighted by Gasteiger charge is -2.19. The fourth-order valence-electron chi connectivity index (χ4n) is 3.62. The van der Waals surface area contributed by atoms with Crippen molar-refractivity contribution in [1.29, 1.82) is 0 Å². The van der Waals surface area contributed by atoms with Crippen molar-refractivity contribution in [2.75, 3.05) is 26.5 Å². The highest BCUT2D eigenvalue weighted by molar-refractivity contribution is 7.98. The summed E-state index contributed by atoms with van der Waals surface area (Å²) in [5, 5.41) is 4.68. The molecule has 0 spiro atoms. The normalized spacial score (nSPS) is 17.8. The van der Waals surface area contributed by atoms with E-state index >= 15 is 0 Å². The number of benzene rings is 1. The van der Waals surface area contributed by atoms with E-state index in [9.17, 15) is 0 Å². The summed E-state index contributed by atoms with van der Waals surface area (Å²) in [6, 6.07) is 12.8. The van der Waals surface area contributed by atoms with Crippen LogP contribution in [-0.4, -0.2) is 52.0 Å². The Hall–Kier alpha value is -2.05. The van der Waals surface area contributed by atoms with Gasteiger partial charge in [-0.1, -0.05) is 18.2 Å². The molecule has 6 heteroatoms. The van der Waals surface area contributed by atoms with E-state index in [2.05, 4.69) is 46.5 Å². The smallest absolute Gasteiger partial charge is 0.231 e. The molecule has 5 nitrogen and oxygen atoms in total. The van der Waals surface area contributed by atoms with Gasteiger partial charge in [-0.05, 0) is 51.2 Å². The van der Waals surface area contributed by atoms with Crippen molar-refractivity contribution in [3.63, 3.8) is 0 Å². The molecular weight excluding hydrogens is 344 g/mol. The number of nitrogens with zero attached hydrogens (tertiary/aromatic N) is 4. The second-order valence-electron chi connectivity index (χ2n) is 6.70. The van der Waals surface area contributed by atoms with E-state index in [0.29, 0.717) is 18.5 Å². The van der Waals surface area contributed by atoms with Gasteiger partial charge in [-0.25, -0.2) is 9.50 Å². The Balaban J connectivity index is 1.55. The molecule has 0 amide bonds. The van der Waals surface area contributed by atoms with E-state index in [1.807, 2.05) is 28.9 Å². The lowest BCUT2D eigenvalue weighted by Crippen LogP contribution is -2.26. The van der Waals surface area contributed by atoms with Crippen LogP contribution in [0.25, 0.3) is 16.9 Å². The van der Waals surface area contributed by atoms with Crippen molar-refractivity contribution in [3.8, 4) is 17.1 Å². The molecule has 3 heterocycles. The summed E-state index contributed by atoms with van der Waals surface area (Å²) < 4.78 is 7.83. The summed E-state index contributed by atoms with van der Waals surface area (Å²) in [4.78, 5) is 8.13. The number of likely N-dealkylation sites (tertiary alicyclic amines) is 1. The fourth-order valence-corrected chi connectivity index (χ4v) is 4.22. The van der Waals surface area contributed by atoms with Gasteiger partial charge in [0.05, 0.1) is 18.5 Å². The lowest BCUT2D eigenvalue weighted by atomic mass is 10.1. The summed E-state index contributed by atoms with van der Waals surface area (Å²) in [5.74, 6) is 0.652. The van der Waals surface area contributed by atoms with Crippen LogP contribution in [0.1, 0.15) is 19.3 Å². The van der Waals surface area contributed by atoms with Gasteiger partial charge in [0.2, 0.25) is 5.88 Å². The SMILES string of the molecule is CSc1ccccc1-c1cnc2ccc(OCCC3CCCN3C)nn12. The largest absolute Gasteiger partial charge is 0.477 e. The van der Waals surface area contributed by atoms with Gasteiger partial charge in [-0.3, -0.25) is 0 Å². The van der Waals surface area contributed by atoms with Gasteiger partial charge in [0, 0.05) is 22.6 Å². The van der Waals surface area contributed by atoms with Crippen LogP contribution in [0.2, 0.25) is 0 Å². The fraction of sp³-hybridized carbons (Fsp3) is 0.400. The molecule has 2 aromatic heterocycles. The Labute approximate surface area is 158 Å². The number of aromatic nitrogens is 3. The highest BCUT2D eigenvalue weighted by Gasteiger charge is 2.20. The Bertz CT molecular complexity index is 894. The predicted molar refractivity (Wildman–Crippen MR) is 106 cm³/mol. The molecule has 136 valence electrons. The van der Waals surface area contributed by atoms with E-state index in [1.165, 1.54) is 24.3 Å². The number of ether oxygens (including phenoxy) is 1. The zero-order chi connectivity index (χ0) is 17.9. The zero-order valence-electron chi connectivity index (χ0n) is 15.3. The van der Waals surface area contributed by atoms with Gasteiger partial charge in [0.1, 0.15) is 0 Å². The first kappa shape index (κ1) is 17.4. The van der Waals surface area contributed by atoms with Gasteiger partial charge in [0.25, 0.3) is 0 Å². The summed E-state index contributed by atoms with van der Waals surface area (Å²) in [5.41, 5.74) is 2.97. The van der Waals surface area contributed by atoms with Gasteiger partial charge in [0.15, 0.2) is 5.65 Å². The van der Waals surface area contributed by atoms with Crippen LogP contribution < -0.4 is 4.74 Å². The second kappa shape index (κ2) is 7.68. The van der Waals surface area contributed by atoms with E-state index in [4.69, 9.17) is 4.74 Å². The molecule has 1 atom stereocenters. The minimum Gasteiger partial charge on any atom is -0.477 e. The second-order valence-corrected chi connectivity index (χ2v) is 7.55. The third kappa shape index (κ3) is 3.44. The molecule has 1 unspecified atom stereocenters. The number of thioether (sulfide) groups is 1. The third-order valence-corrected chi connectivity index (χ3v) is 5.89. The Morgan fingerprint density at radius 2 is 2.12 bits per heavy atom. The minimum absolute atomic E-state index is 0.635. The maximum atomic E-state index is 5.95. The molecule has 26 heavy (non-hydrogen) atoms. The van der Waals surface area contributed by atoms with Crippen LogP contribution in [0, 0.1) is 0 Å². The van der Waals surface area contributed by atoms with Crippen molar-refractivity contribution in [2.24, 2.45) is 0 Å². The van der Waals surface area contributed by atoms with E-state index in [0.717, 1.165) is 23.3 Å². The first-order valence-electron chi connectivity index (χ1n) is 9.07. The summed E-state index contributed by atoms with van der Waals surface area (Å²) in [6.07, 6.45) is 7.57. The number of rotatable bonds is 6. The lowest BCUT2D eigenvalue weighted by molar-refractivity contribution is 0.227. The van der Waals surface area contributed by atoms with Crippen LogP contribution in [0.4, 0.5) is 0 Å². The third-order valence-electron chi connectivity index (χ3n) is 5.09. The maximum absolute atomic E-state index is 5.95. The molecule has 1 aliphatic rings. The van der Waals surface area contributed by atoms with E-state index in [-0.39, 0.29) is 0 Å². The highest BCUT2D eigenvalue weighted by Crippen LogP contribution is 2.30. The highest BCUT2D eigenvalue weighted by atomic mass is 32.2. The molecule has 4 rings (SSSR count). The average molecular weight is 369 g/mol. The first-order valence-corrected chi connectivity index (χ1v) is 10.3. The zero-order valence-corrected chi connectivity index (χ0v) is 16.1. The minimum atomic E-state index is 0.635. The first-order chi connectivity index (χ1) is 12.8. The molecule has 0 aliphatic carbocycles. The Kier molecular flexibility index (Phi) is 5.13. The molecule has 1 saturated heterocycles. The quantitative estimate of drug-likeness (QED) is 0.616. The van der Waals surface area contributed by atoms with Crippen molar-refractivity contribution < 1.29 is 4.74 Å². The van der Waals surface area contributed by atoms with Crippen molar-refractivity contribution in [1.82, 2.24) is 19.5 Å². The molecule has 1 aromatic carbocycles. The number of fused-ring (bicyclic) bond motifs is 1. The van der Waals surface area contributed by atoms with Crippen LogP contribution in [-0.2, 0) is 0 Å². The van der Waals surface area contributed by atoms with Crippen molar-refractivity contribution >= 4 is 17.4 Å². The predicted octanol–water partition coefficient (Wildman–Crippen LogP) is 3.98. The molecule has 1 fully saturated rings. The van der Waals surface area contributed by atoms with Gasteiger partial charge in [-0.15, -0.1) is 16.9 Å².